The average Bonchev–Trinajstić information content (AvgIpc) is 3.51. The van der Waals surface area contributed by atoms with Crippen LogP contribution < -0.4 is 15.4 Å². The summed E-state index contributed by atoms with van der Waals surface area (Å²) in [6, 6.07) is 3.12. The second kappa shape index (κ2) is 11.1. The van der Waals surface area contributed by atoms with E-state index in [-0.39, 0.29) is 23.7 Å². The van der Waals surface area contributed by atoms with Crippen LogP contribution in [0.25, 0.3) is 10.9 Å². The summed E-state index contributed by atoms with van der Waals surface area (Å²) in [6.45, 7) is 1.01. The van der Waals surface area contributed by atoms with E-state index in [9.17, 15) is 24.3 Å². The molecular weight excluding hydrogens is 524 g/mol. The Bertz CT molecular complexity index is 1290. The summed E-state index contributed by atoms with van der Waals surface area (Å²) in [6.07, 6.45) is 6.88. The number of carbonyl (C=O) groups excluding carboxylic acids is 3. The number of amides is 3. The zero-order valence-corrected chi connectivity index (χ0v) is 22.8. The first-order valence-corrected chi connectivity index (χ1v) is 14.1. The van der Waals surface area contributed by atoms with Gasteiger partial charge in [0.2, 0.25) is 11.8 Å². The first-order valence-electron chi connectivity index (χ1n) is 13.7. The smallest absolute Gasteiger partial charge is 0.326 e. The van der Waals surface area contributed by atoms with Crippen molar-refractivity contribution in [2.45, 2.75) is 69.9 Å². The van der Waals surface area contributed by atoms with Crippen LogP contribution in [0.5, 0.6) is 5.75 Å². The number of aromatic amines is 1. The molecule has 1 aliphatic carbocycles. The minimum absolute atomic E-state index is 0.0152. The Morgan fingerprint density at radius 3 is 2.69 bits per heavy atom. The molecule has 5 rings (SSSR count). The third kappa shape index (κ3) is 5.44. The topological polar surface area (TPSA) is 141 Å². The summed E-state index contributed by atoms with van der Waals surface area (Å²) in [7, 11) is 1.51. The van der Waals surface area contributed by atoms with Gasteiger partial charge in [-0.2, -0.15) is 0 Å². The van der Waals surface area contributed by atoms with Gasteiger partial charge in [0.1, 0.15) is 23.5 Å². The number of carboxylic acid groups (broad SMARTS) is 1. The third-order valence-electron chi connectivity index (χ3n) is 8.66. The second-order valence-corrected chi connectivity index (χ2v) is 11.6. The van der Waals surface area contributed by atoms with Gasteiger partial charge in [-0.15, -0.1) is 0 Å². The van der Waals surface area contributed by atoms with Crippen LogP contribution >= 0.6 is 11.6 Å². The van der Waals surface area contributed by atoms with Crippen molar-refractivity contribution in [3.8, 4) is 5.75 Å². The molecule has 11 heteroatoms. The number of aromatic nitrogens is 1. The highest BCUT2D eigenvalue weighted by atomic mass is 35.5. The highest BCUT2D eigenvalue weighted by molar-refractivity contribution is 6.33. The molecule has 39 heavy (non-hydrogen) atoms. The predicted molar refractivity (Wildman–Crippen MR) is 145 cm³/mol. The van der Waals surface area contributed by atoms with Gasteiger partial charge >= 0.3 is 5.97 Å². The lowest BCUT2D eigenvalue weighted by Crippen LogP contribution is -2.52. The van der Waals surface area contributed by atoms with Crippen LogP contribution in [0.15, 0.2) is 18.2 Å². The lowest BCUT2D eigenvalue weighted by atomic mass is 9.72. The Labute approximate surface area is 231 Å². The number of halogens is 1. The summed E-state index contributed by atoms with van der Waals surface area (Å²) >= 11 is 6.27. The molecule has 2 unspecified atom stereocenters. The predicted octanol–water partition coefficient (Wildman–Crippen LogP) is 3.48. The Morgan fingerprint density at radius 1 is 1.23 bits per heavy atom. The summed E-state index contributed by atoms with van der Waals surface area (Å²) in [5.41, 5.74) is 0.819. The van der Waals surface area contributed by atoms with Crippen LogP contribution in [0.3, 0.4) is 0 Å². The number of hydrogen-bond donors (Lipinski definition) is 4. The quantitative estimate of drug-likeness (QED) is 0.410. The van der Waals surface area contributed by atoms with Crippen LogP contribution in [0.2, 0.25) is 5.02 Å². The number of carbonyl (C=O) groups is 4. The average molecular weight is 559 g/mol. The largest absolute Gasteiger partial charge is 0.494 e. The lowest BCUT2D eigenvalue weighted by Gasteiger charge is -2.32. The number of rotatable bonds is 7. The highest BCUT2D eigenvalue weighted by Crippen LogP contribution is 2.47. The molecule has 10 nitrogen and oxygen atoms in total. The number of carboxylic acids is 1. The maximum Gasteiger partial charge on any atom is 0.326 e. The van der Waals surface area contributed by atoms with Gasteiger partial charge in [-0.3, -0.25) is 14.4 Å². The van der Waals surface area contributed by atoms with E-state index in [1.54, 1.807) is 23.1 Å². The zero-order chi connectivity index (χ0) is 27.7. The molecule has 3 fully saturated rings. The van der Waals surface area contributed by atoms with Gasteiger partial charge in [0, 0.05) is 29.9 Å². The Hall–Kier alpha value is -3.27. The molecule has 1 aromatic heterocycles. The number of aliphatic carboxylic acids is 1. The number of likely N-dealkylation sites (tertiary alicyclic amines) is 1. The fraction of sp³-hybridized carbons (Fsp3) is 0.571. The monoisotopic (exact) mass is 558 g/mol. The summed E-state index contributed by atoms with van der Waals surface area (Å²) in [5.74, 6) is -2.21. The molecule has 4 N–H and O–H groups in total. The number of fused-ring (bicyclic) bond motifs is 1. The normalized spacial score (nSPS) is 23.4. The molecule has 1 saturated carbocycles. The Kier molecular flexibility index (Phi) is 7.75. The van der Waals surface area contributed by atoms with E-state index in [4.69, 9.17) is 16.3 Å². The molecule has 0 radical (unpaired) electrons. The van der Waals surface area contributed by atoms with Gasteiger partial charge in [-0.1, -0.05) is 30.9 Å². The minimum atomic E-state index is -1.22. The summed E-state index contributed by atoms with van der Waals surface area (Å²) < 4.78 is 5.44. The number of piperidine rings is 1. The number of hydrogen-bond acceptors (Lipinski definition) is 5. The summed E-state index contributed by atoms with van der Waals surface area (Å²) in [4.78, 5) is 56.6. The van der Waals surface area contributed by atoms with E-state index in [1.165, 1.54) is 7.11 Å². The maximum atomic E-state index is 13.9. The van der Waals surface area contributed by atoms with E-state index in [1.807, 2.05) is 0 Å². The van der Waals surface area contributed by atoms with Crippen molar-refractivity contribution < 1.29 is 29.0 Å². The Balaban J connectivity index is 1.40. The van der Waals surface area contributed by atoms with E-state index in [0.717, 1.165) is 38.5 Å². The van der Waals surface area contributed by atoms with Crippen LogP contribution in [0.1, 0.15) is 68.3 Å². The first-order chi connectivity index (χ1) is 18.7. The first kappa shape index (κ1) is 27.3. The maximum absolute atomic E-state index is 13.9. The third-order valence-corrected chi connectivity index (χ3v) is 8.96. The number of nitrogens with zero attached hydrogens (tertiary/aromatic N) is 1. The number of benzene rings is 1. The van der Waals surface area contributed by atoms with Crippen molar-refractivity contribution >= 4 is 46.2 Å². The van der Waals surface area contributed by atoms with Crippen molar-refractivity contribution in [3.05, 3.63) is 28.9 Å². The van der Waals surface area contributed by atoms with Crippen molar-refractivity contribution in [2.24, 2.45) is 11.3 Å². The van der Waals surface area contributed by atoms with Gasteiger partial charge in [-0.25, -0.2) is 4.79 Å². The fourth-order valence-corrected chi connectivity index (χ4v) is 6.87. The van der Waals surface area contributed by atoms with E-state index < -0.39 is 29.9 Å². The molecule has 2 saturated heterocycles. The van der Waals surface area contributed by atoms with E-state index in [2.05, 4.69) is 15.6 Å². The summed E-state index contributed by atoms with van der Waals surface area (Å²) in [5, 5.41) is 16.4. The van der Waals surface area contributed by atoms with Gasteiger partial charge in [0.25, 0.3) is 5.91 Å². The van der Waals surface area contributed by atoms with Crippen molar-refractivity contribution in [1.82, 2.24) is 20.5 Å². The molecule has 0 bridgehead atoms. The van der Waals surface area contributed by atoms with E-state index >= 15 is 0 Å². The van der Waals surface area contributed by atoms with Crippen LogP contribution in [0.4, 0.5) is 0 Å². The van der Waals surface area contributed by atoms with Crippen molar-refractivity contribution in [3.63, 3.8) is 0 Å². The molecule has 3 atom stereocenters. The molecule has 1 aromatic carbocycles. The standard InChI is InChI=1S/C28H35ClN4O6/c1-39-23-17-13-20(31-19(17)8-7-18(23)29)26(36)33-15-28(9-3-2-4-10-28)14-22(33)25(35)32-21(27(37)38)12-16-6-5-11-30-24(16)34/h7-8,13,16,21-22,31H,2-6,9-12,14-15H2,1H3,(H,30,34)(H,32,35)(H,37,38)/t16-,21?,22?/m0/s1. The molecule has 3 aliphatic rings. The lowest BCUT2D eigenvalue weighted by molar-refractivity contribution is -0.143. The zero-order valence-electron chi connectivity index (χ0n) is 22.1. The van der Waals surface area contributed by atoms with E-state index in [0.29, 0.717) is 53.3 Å². The molecule has 2 aliphatic heterocycles. The molecule has 3 amide bonds. The number of methoxy groups -OCH3 is 1. The molecular formula is C28H35ClN4O6. The Morgan fingerprint density at radius 2 is 2.00 bits per heavy atom. The molecule has 2 aromatic rings. The molecule has 1 spiro atoms. The van der Waals surface area contributed by atoms with Gasteiger partial charge in [-0.05, 0) is 62.1 Å². The van der Waals surface area contributed by atoms with Crippen LogP contribution in [-0.2, 0) is 14.4 Å². The molecule has 210 valence electrons. The number of nitrogens with one attached hydrogen (secondary N) is 3. The minimum Gasteiger partial charge on any atom is -0.494 e. The van der Waals surface area contributed by atoms with Crippen LogP contribution in [0, 0.1) is 11.3 Å². The second-order valence-electron chi connectivity index (χ2n) is 11.2. The van der Waals surface area contributed by atoms with Crippen molar-refractivity contribution in [1.29, 1.82) is 0 Å². The number of ether oxygens (including phenoxy) is 1. The van der Waals surface area contributed by atoms with Gasteiger partial charge in [0.15, 0.2) is 0 Å². The number of H-pyrrole nitrogens is 1. The van der Waals surface area contributed by atoms with Crippen LogP contribution in [-0.4, -0.2) is 71.0 Å². The fourth-order valence-electron chi connectivity index (χ4n) is 6.63. The van der Waals surface area contributed by atoms with Crippen molar-refractivity contribution in [2.75, 3.05) is 20.2 Å². The SMILES string of the molecule is COc1c(Cl)ccc2[nH]c(C(=O)N3CC4(CCCCC4)CC3C(=O)NC(C[C@@H]3CCCNC3=O)C(=O)O)cc12. The van der Waals surface area contributed by atoms with Gasteiger partial charge < -0.3 is 30.4 Å². The molecule has 3 heterocycles. The highest BCUT2D eigenvalue weighted by Gasteiger charge is 2.49. The van der Waals surface area contributed by atoms with Gasteiger partial charge in [0.05, 0.1) is 12.1 Å².